The van der Waals surface area contributed by atoms with Gasteiger partial charge in [-0.3, -0.25) is 0 Å². The lowest BCUT2D eigenvalue weighted by Gasteiger charge is -2.24. The predicted molar refractivity (Wildman–Crippen MR) is 105 cm³/mol. The molecule has 0 radical (unpaired) electrons. The molecule has 8 nitrogen and oxygen atoms in total. The minimum Gasteiger partial charge on any atom is -0.490 e. The van der Waals surface area contributed by atoms with E-state index in [0.29, 0.717) is 16.5 Å². The van der Waals surface area contributed by atoms with E-state index in [1.165, 1.54) is 19.3 Å². The van der Waals surface area contributed by atoms with Gasteiger partial charge in [0.25, 0.3) is 0 Å². The third-order valence-corrected chi connectivity index (χ3v) is 6.12. The minimum atomic E-state index is -0.962. The molecule has 2 aromatic heterocycles. The summed E-state index contributed by atoms with van der Waals surface area (Å²) >= 11 is 1.16. The molecule has 0 aliphatic heterocycles. The van der Waals surface area contributed by atoms with Crippen LogP contribution >= 0.6 is 11.3 Å². The number of hydrogen-bond donors (Lipinski definition) is 1. The van der Waals surface area contributed by atoms with E-state index in [2.05, 4.69) is 20.5 Å². The smallest absolute Gasteiger partial charge is 0.347 e. The molecule has 4 rings (SSSR count). The average Bonchev–Trinajstić information content (AvgIpc) is 3.29. The van der Waals surface area contributed by atoms with Gasteiger partial charge in [0.1, 0.15) is 15.6 Å². The van der Waals surface area contributed by atoms with E-state index in [1.54, 1.807) is 18.7 Å². The van der Waals surface area contributed by atoms with Gasteiger partial charge in [-0.05, 0) is 61.2 Å². The van der Waals surface area contributed by atoms with Crippen molar-refractivity contribution >= 4 is 17.3 Å². The fourth-order valence-corrected chi connectivity index (χ4v) is 4.38. The third-order valence-electron chi connectivity index (χ3n) is 4.92. The molecule has 0 unspecified atom stereocenters. The van der Waals surface area contributed by atoms with Gasteiger partial charge >= 0.3 is 5.97 Å². The first-order chi connectivity index (χ1) is 13.5. The summed E-state index contributed by atoms with van der Waals surface area (Å²) in [5, 5.41) is 21.8. The highest BCUT2D eigenvalue weighted by molar-refractivity contribution is 7.17. The fraction of sp³-hybridized carbons (Fsp3) is 0.421. The molecule has 1 aromatic carbocycles. The maximum absolute atomic E-state index is 11.4. The maximum atomic E-state index is 11.4. The number of carboxylic acid groups (broad SMARTS) is 1. The van der Waals surface area contributed by atoms with Gasteiger partial charge in [0, 0.05) is 12.6 Å². The molecule has 1 fully saturated rings. The van der Waals surface area contributed by atoms with E-state index in [-0.39, 0.29) is 11.0 Å². The number of ether oxygens (including phenoxy) is 1. The van der Waals surface area contributed by atoms with Crippen LogP contribution in [0.25, 0.3) is 22.0 Å². The van der Waals surface area contributed by atoms with Gasteiger partial charge in [-0.1, -0.05) is 6.42 Å². The van der Waals surface area contributed by atoms with Crippen molar-refractivity contribution in [1.29, 1.82) is 0 Å². The molecule has 0 atom stereocenters. The van der Waals surface area contributed by atoms with Crippen LogP contribution in [0.4, 0.5) is 0 Å². The van der Waals surface area contributed by atoms with E-state index >= 15 is 0 Å². The van der Waals surface area contributed by atoms with Gasteiger partial charge in [-0.15, -0.1) is 16.4 Å². The van der Waals surface area contributed by atoms with Gasteiger partial charge < -0.3 is 9.84 Å². The summed E-state index contributed by atoms with van der Waals surface area (Å²) in [7, 11) is 1.78. The highest BCUT2D eigenvalue weighted by Gasteiger charge is 2.21. The first kappa shape index (κ1) is 18.5. The summed E-state index contributed by atoms with van der Waals surface area (Å²) in [4.78, 5) is 16.0. The number of hydrogen-bond acceptors (Lipinski definition) is 7. The molecule has 28 heavy (non-hydrogen) atoms. The Labute approximate surface area is 166 Å². The Morgan fingerprint density at radius 2 is 2.07 bits per heavy atom. The monoisotopic (exact) mass is 399 g/mol. The Balaban J connectivity index is 1.75. The van der Waals surface area contributed by atoms with Crippen molar-refractivity contribution in [1.82, 2.24) is 25.2 Å². The van der Waals surface area contributed by atoms with Crippen LogP contribution in [0.15, 0.2) is 18.2 Å². The number of aromatic nitrogens is 5. The first-order valence-corrected chi connectivity index (χ1v) is 10.1. The van der Waals surface area contributed by atoms with Crippen LogP contribution in [0.2, 0.25) is 0 Å². The Morgan fingerprint density at radius 1 is 1.29 bits per heavy atom. The van der Waals surface area contributed by atoms with Gasteiger partial charge in [-0.25, -0.2) is 14.5 Å². The Morgan fingerprint density at radius 3 is 2.71 bits per heavy atom. The van der Waals surface area contributed by atoms with Crippen molar-refractivity contribution in [3.63, 3.8) is 0 Å². The number of thiazole rings is 1. The average molecular weight is 399 g/mol. The number of aryl methyl sites for hydroxylation is 2. The predicted octanol–water partition coefficient (Wildman–Crippen LogP) is 3.72. The molecule has 0 bridgehead atoms. The van der Waals surface area contributed by atoms with Crippen LogP contribution < -0.4 is 4.74 Å². The topological polar surface area (TPSA) is 103 Å². The van der Waals surface area contributed by atoms with Crippen molar-refractivity contribution in [3.05, 3.63) is 28.8 Å². The van der Waals surface area contributed by atoms with E-state index in [9.17, 15) is 9.90 Å². The summed E-state index contributed by atoms with van der Waals surface area (Å²) < 4.78 is 7.90. The molecule has 0 spiro atoms. The normalized spacial score (nSPS) is 14.9. The van der Waals surface area contributed by atoms with Crippen molar-refractivity contribution in [2.24, 2.45) is 7.05 Å². The molecule has 1 aliphatic rings. The molecule has 1 aliphatic carbocycles. The fourth-order valence-electron chi connectivity index (χ4n) is 3.48. The Hall–Kier alpha value is -2.81. The maximum Gasteiger partial charge on any atom is 0.347 e. The molecule has 3 aromatic rings. The number of tetrazole rings is 1. The quantitative estimate of drug-likeness (QED) is 0.697. The van der Waals surface area contributed by atoms with E-state index in [1.807, 2.05) is 18.2 Å². The second kappa shape index (κ2) is 7.67. The summed E-state index contributed by atoms with van der Waals surface area (Å²) in [6.45, 7) is 1.71. The van der Waals surface area contributed by atoms with Crippen LogP contribution in [0, 0.1) is 6.92 Å². The molecule has 146 valence electrons. The highest BCUT2D eigenvalue weighted by atomic mass is 32.1. The standard InChI is InChI=1S/C19H21N5O3S/c1-11-16(19(25)26)28-18(20-11)12-8-9-15(27-13-6-4-3-5-7-13)14(10-12)17-21-22-23-24(17)2/h8-10,13H,3-7H2,1-2H3,(H,25,26). The SMILES string of the molecule is Cc1nc(-c2ccc(OC3CCCCC3)c(-c3nnnn3C)c2)sc1C(=O)O. The number of nitrogens with zero attached hydrogens (tertiary/aromatic N) is 5. The van der Waals surface area contributed by atoms with Crippen LogP contribution in [-0.2, 0) is 7.05 Å². The molecule has 2 heterocycles. The zero-order chi connectivity index (χ0) is 19.7. The number of aromatic carboxylic acids is 1. The number of benzene rings is 1. The van der Waals surface area contributed by atoms with Crippen molar-refractivity contribution < 1.29 is 14.6 Å². The zero-order valence-electron chi connectivity index (χ0n) is 15.8. The van der Waals surface area contributed by atoms with Crippen LogP contribution in [0.5, 0.6) is 5.75 Å². The van der Waals surface area contributed by atoms with Crippen molar-refractivity contribution in [2.45, 2.75) is 45.1 Å². The van der Waals surface area contributed by atoms with E-state index < -0.39 is 5.97 Å². The van der Waals surface area contributed by atoms with Crippen LogP contribution in [-0.4, -0.2) is 42.4 Å². The van der Waals surface area contributed by atoms with Crippen molar-refractivity contribution in [2.75, 3.05) is 0 Å². The molecule has 0 amide bonds. The second-order valence-electron chi connectivity index (χ2n) is 6.95. The van der Waals surface area contributed by atoms with Crippen molar-refractivity contribution in [3.8, 4) is 27.7 Å². The second-order valence-corrected chi connectivity index (χ2v) is 7.95. The van der Waals surface area contributed by atoms with E-state index in [4.69, 9.17) is 4.74 Å². The van der Waals surface area contributed by atoms with Crippen LogP contribution in [0.3, 0.4) is 0 Å². The summed E-state index contributed by atoms with van der Waals surface area (Å²) in [6.07, 6.45) is 5.91. The lowest BCUT2D eigenvalue weighted by atomic mass is 9.97. The number of carbonyl (C=O) groups is 1. The summed E-state index contributed by atoms with van der Waals surface area (Å²) in [6, 6.07) is 5.74. The lowest BCUT2D eigenvalue weighted by molar-refractivity contribution is 0.0701. The molecular weight excluding hydrogens is 378 g/mol. The zero-order valence-corrected chi connectivity index (χ0v) is 16.6. The molecule has 1 N–H and O–H groups in total. The van der Waals surface area contributed by atoms with Gasteiger partial charge in [-0.2, -0.15) is 0 Å². The third kappa shape index (κ3) is 3.62. The number of carboxylic acids is 1. The summed E-state index contributed by atoms with van der Waals surface area (Å²) in [5.41, 5.74) is 2.10. The number of rotatable bonds is 5. The first-order valence-electron chi connectivity index (χ1n) is 9.27. The van der Waals surface area contributed by atoms with Crippen LogP contribution in [0.1, 0.15) is 47.5 Å². The Bertz CT molecular complexity index is 1010. The molecule has 0 saturated heterocycles. The van der Waals surface area contributed by atoms with Gasteiger partial charge in [0.15, 0.2) is 5.82 Å². The minimum absolute atomic E-state index is 0.195. The molecular formula is C19H21N5O3S. The van der Waals surface area contributed by atoms with Gasteiger partial charge in [0.2, 0.25) is 0 Å². The molecule has 1 saturated carbocycles. The molecule has 9 heteroatoms. The lowest BCUT2D eigenvalue weighted by Crippen LogP contribution is -2.20. The Kier molecular flexibility index (Phi) is 5.08. The highest BCUT2D eigenvalue weighted by Crippen LogP contribution is 2.37. The van der Waals surface area contributed by atoms with E-state index in [0.717, 1.165) is 41.1 Å². The largest absolute Gasteiger partial charge is 0.490 e. The van der Waals surface area contributed by atoms with Gasteiger partial charge in [0.05, 0.1) is 17.4 Å². The summed E-state index contributed by atoms with van der Waals surface area (Å²) in [5.74, 6) is 0.371.